The predicted octanol–water partition coefficient (Wildman–Crippen LogP) is 2.23. The second-order valence-corrected chi connectivity index (χ2v) is 9.92. The van der Waals surface area contributed by atoms with E-state index in [0.717, 1.165) is 14.2 Å². The molecular formula is C21H30N2O10. The van der Waals surface area contributed by atoms with E-state index in [2.05, 4.69) is 0 Å². The van der Waals surface area contributed by atoms with E-state index in [1.54, 1.807) is 20.8 Å². The molecule has 1 heterocycles. The normalized spacial score (nSPS) is 22.4. The minimum Gasteiger partial charge on any atom is -0.469 e. The van der Waals surface area contributed by atoms with Gasteiger partial charge in [0, 0.05) is 0 Å². The van der Waals surface area contributed by atoms with Crippen LogP contribution in [0, 0.1) is 11.8 Å². The first-order chi connectivity index (χ1) is 15.0. The standard InChI is InChI=1S/C21H30N2O10/c1-19(2,3)32-17(28)22-15(26)21(23(16(22)27)18(29)33-20(4,5)6)9-11(13(24)30-7)12(10-21)14(25)31-8/h11-12H,9-10H2,1-8H3/t11-,12-/m1/s1. The van der Waals surface area contributed by atoms with E-state index in [0.29, 0.717) is 4.90 Å². The van der Waals surface area contributed by atoms with Crippen molar-refractivity contribution in [3.63, 3.8) is 0 Å². The Hall–Kier alpha value is -3.18. The van der Waals surface area contributed by atoms with Crippen LogP contribution in [0.15, 0.2) is 0 Å². The van der Waals surface area contributed by atoms with Crippen LogP contribution < -0.4 is 0 Å². The lowest BCUT2D eigenvalue weighted by Gasteiger charge is -2.31. The predicted molar refractivity (Wildman–Crippen MR) is 110 cm³/mol. The summed E-state index contributed by atoms with van der Waals surface area (Å²) in [4.78, 5) is 78.0. The van der Waals surface area contributed by atoms with E-state index in [4.69, 9.17) is 18.9 Å². The zero-order valence-electron chi connectivity index (χ0n) is 20.0. The molecule has 2 rings (SSSR count). The van der Waals surface area contributed by atoms with Gasteiger partial charge in [-0.1, -0.05) is 0 Å². The molecule has 1 saturated heterocycles. The van der Waals surface area contributed by atoms with Crippen LogP contribution in [0.2, 0.25) is 0 Å². The second kappa shape index (κ2) is 8.64. The second-order valence-electron chi connectivity index (χ2n) is 9.92. The number of hydrogen-bond acceptors (Lipinski definition) is 10. The summed E-state index contributed by atoms with van der Waals surface area (Å²) in [6.45, 7) is 9.26. The summed E-state index contributed by atoms with van der Waals surface area (Å²) in [5, 5.41) is 0. The Morgan fingerprint density at radius 3 is 1.55 bits per heavy atom. The number of rotatable bonds is 2. The quantitative estimate of drug-likeness (QED) is 0.334. The molecule has 0 bridgehead atoms. The van der Waals surface area contributed by atoms with E-state index in [1.165, 1.54) is 20.8 Å². The molecule has 12 heteroatoms. The number of methoxy groups -OCH3 is 2. The summed E-state index contributed by atoms with van der Waals surface area (Å²) in [7, 11) is 2.20. The smallest absolute Gasteiger partial charge is 0.425 e. The molecular weight excluding hydrogens is 440 g/mol. The van der Waals surface area contributed by atoms with Crippen LogP contribution in [-0.2, 0) is 33.3 Å². The molecule has 2 fully saturated rings. The molecule has 1 aliphatic carbocycles. The van der Waals surface area contributed by atoms with Crippen LogP contribution in [0.4, 0.5) is 14.4 Å². The highest BCUT2D eigenvalue weighted by molar-refractivity contribution is 6.21. The first-order valence-electron chi connectivity index (χ1n) is 10.3. The molecule has 0 unspecified atom stereocenters. The third-order valence-corrected chi connectivity index (χ3v) is 5.17. The molecule has 0 radical (unpaired) electrons. The van der Waals surface area contributed by atoms with Gasteiger partial charge in [-0.15, -0.1) is 0 Å². The Morgan fingerprint density at radius 2 is 1.18 bits per heavy atom. The van der Waals surface area contributed by atoms with Gasteiger partial charge in [-0.3, -0.25) is 14.4 Å². The summed E-state index contributed by atoms with van der Waals surface area (Å²) >= 11 is 0. The fourth-order valence-electron chi connectivity index (χ4n) is 3.95. The van der Waals surface area contributed by atoms with Gasteiger partial charge in [0.25, 0.3) is 5.91 Å². The van der Waals surface area contributed by atoms with Crippen LogP contribution in [0.25, 0.3) is 0 Å². The van der Waals surface area contributed by atoms with Gasteiger partial charge < -0.3 is 18.9 Å². The molecule has 0 aromatic heterocycles. The lowest BCUT2D eigenvalue weighted by Crippen LogP contribution is -2.52. The largest absolute Gasteiger partial charge is 0.469 e. The van der Waals surface area contributed by atoms with Crippen LogP contribution >= 0.6 is 0 Å². The molecule has 2 aliphatic rings. The van der Waals surface area contributed by atoms with Gasteiger partial charge >= 0.3 is 30.2 Å². The molecule has 2 atom stereocenters. The van der Waals surface area contributed by atoms with Crippen molar-refractivity contribution in [3.05, 3.63) is 0 Å². The van der Waals surface area contributed by atoms with Crippen molar-refractivity contribution < 1.29 is 47.7 Å². The lowest BCUT2D eigenvalue weighted by molar-refractivity contribution is -0.156. The van der Waals surface area contributed by atoms with Crippen molar-refractivity contribution in [2.75, 3.05) is 14.2 Å². The zero-order valence-corrected chi connectivity index (χ0v) is 20.0. The minimum absolute atomic E-state index is 0.198. The van der Waals surface area contributed by atoms with E-state index >= 15 is 0 Å². The minimum atomic E-state index is -2.05. The number of nitrogens with zero attached hydrogens (tertiary/aromatic N) is 2. The maximum absolute atomic E-state index is 13.5. The summed E-state index contributed by atoms with van der Waals surface area (Å²) in [6, 6.07) is -1.29. The molecule has 0 N–H and O–H groups in total. The van der Waals surface area contributed by atoms with Gasteiger partial charge in [0.05, 0.1) is 26.1 Å². The Bertz CT molecular complexity index is 858. The summed E-state index contributed by atoms with van der Waals surface area (Å²) in [5.74, 6) is -5.18. The number of ether oxygens (including phenoxy) is 4. The Labute approximate surface area is 191 Å². The monoisotopic (exact) mass is 470 g/mol. The van der Waals surface area contributed by atoms with E-state index < -0.39 is 77.5 Å². The third kappa shape index (κ3) is 4.93. The number of hydrogen-bond donors (Lipinski definition) is 0. The summed E-state index contributed by atoms with van der Waals surface area (Å²) < 4.78 is 20.0. The molecule has 33 heavy (non-hydrogen) atoms. The first-order valence-corrected chi connectivity index (χ1v) is 10.3. The fraction of sp³-hybridized carbons (Fsp3) is 0.714. The van der Waals surface area contributed by atoms with Gasteiger partial charge in [0.1, 0.15) is 16.7 Å². The topological polar surface area (TPSA) is 146 Å². The number of amides is 5. The number of imide groups is 4. The molecule has 12 nitrogen and oxygen atoms in total. The van der Waals surface area contributed by atoms with E-state index in [-0.39, 0.29) is 4.90 Å². The van der Waals surface area contributed by atoms with E-state index in [9.17, 15) is 28.8 Å². The highest BCUT2D eigenvalue weighted by atomic mass is 16.6. The Kier molecular flexibility index (Phi) is 6.82. The van der Waals surface area contributed by atoms with Gasteiger partial charge in [-0.2, -0.15) is 4.90 Å². The molecule has 1 aliphatic heterocycles. The molecule has 5 amide bonds. The van der Waals surface area contributed by atoms with Crippen LogP contribution in [0.1, 0.15) is 54.4 Å². The molecule has 184 valence electrons. The molecule has 0 aromatic carbocycles. The van der Waals surface area contributed by atoms with E-state index in [1.807, 2.05) is 0 Å². The Morgan fingerprint density at radius 1 is 0.788 bits per heavy atom. The van der Waals surface area contributed by atoms with Gasteiger partial charge in [-0.05, 0) is 54.4 Å². The van der Waals surface area contributed by atoms with Crippen molar-refractivity contribution >= 4 is 36.1 Å². The van der Waals surface area contributed by atoms with Crippen molar-refractivity contribution in [1.29, 1.82) is 0 Å². The first kappa shape index (κ1) is 26.1. The van der Waals surface area contributed by atoms with Crippen molar-refractivity contribution in [3.8, 4) is 0 Å². The van der Waals surface area contributed by atoms with Crippen LogP contribution in [-0.4, -0.2) is 76.8 Å². The van der Waals surface area contributed by atoms with Gasteiger partial charge in [0.2, 0.25) is 0 Å². The molecule has 1 saturated carbocycles. The Balaban J connectivity index is 2.62. The summed E-state index contributed by atoms with van der Waals surface area (Å²) in [6.07, 6.45) is -3.41. The maximum Gasteiger partial charge on any atom is 0.425 e. The third-order valence-electron chi connectivity index (χ3n) is 5.17. The van der Waals surface area contributed by atoms with Crippen molar-refractivity contribution in [1.82, 2.24) is 9.80 Å². The van der Waals surface area contributed by atoms with Gasteiger partial charge in [-0.25, -0.2) is 19.3 Å². The van der Waals surface area contributed by atoms with Crippen LogP contribution in [0.3, 0.4) is 0 Å². The number of carbonyl (C=O) groups is 6. The number of carbonyl (C=O) groups excluding carboxylic acids is 6. The molecule has 0 aromatic rings. The highest BCUT2D eigenvalue weighted by Crippen LogP contribution is 2.49. The molecule has 1 spiro atoms. The van der Waals surface area contributed by atoms with Crippen molar-refractivity contribution in [2.45, 2.75) is 71.1 Å². The van der Waals surface area contributed by atoms with Crippen LogP contribution in [0.5, 0.6) is 0 Å². The maximum atomic E-state index is 13.5. The summed E-state index contributed by atoms with van der Waals surface area (Å²) in [5.41, 5.74) is -4.15. The average molecular weight is 470 g/mol. The number of esters is 2. The van der Waals surface area contributed by atoms with Crippen molar-refractivity contribution in [2.24, 2.45) is 11.8 Å². The number of urea groups is 1. The zero-order chi connectivity index (χ0) is 25.5. The average Bonchev–Trinajstić information content (AvgIpc) is 3.14. The fourth-order valence-corrected chi connectivity index (χ4v) is 3.95. The SMILES string of the molecule is COC(=O)[C@@H]1CC2(C[C@H]1C(=O)OC)C(=O)N(C(=O)OC(C)(C)C)C(=O)N2C(=O)OC(C)(C)C. The highest BCUT2D eigenvalue weighted by Gasteiger charge is 2.69. The van der Waals surface area contributed by atoms with Gasteiger partial charge in [0.15, 0.2) is 0 Å². The lowest BCUT2D eigenvalue weighted by atomic mass is 9.94.